The average molecular weight is 242 g/mol. The summed E-state index contributed by atoms with van der Waals surface area (Å²) in [5, 5.41) is 0. The molecule has 0 amide bonds. The van der Waals surface area contributed by atoms with Crippen molar-refractivity contribution in [1.82, 2.24) is 4.72 Å². The molecule has 3 nitrogen and oxygen atoms in total. The SMILES string of the molecule is CC[P+]1(CS(=O)(=O)NCF)CCCC1. The Morgan fingerprint density at radius 3 is 2.36 bits per heavy atom. The van der Waals surface area contributed by atoms with Crippen LogP contribution in [0, 0.1) is 0 Å². The minimum atomic E-state index is -3.36. The summed E-state index contributed by atoms with van der Waals surface area (Å²) in [6.45, 7) is 1.08. The lowest BCUT2D eigenvalue weighted by molar-refractivity contribution is 0.470. The van der Waals surface area contributed by atoms with Crippen LogP contribution in [0.25, 0.3) is 0 Å². The van der Waals surface area contributed by atoms with Gasteiger partial charge in [0.15, 0.2) is 12.3 Å². The molecule has 0 atom stereocenters. The third-order valence-corrected chi connectivity index (χ3v) is 10.9. The van der Waals surface area contributed by atoms with Gasteiger partial charge in [0.25, 0.3) is 0 Å². The summed E-state index contributed by atoms with van der Waals surface area (Å²) in [6, 6.07) is 0. The van der Waals surface area contributed by atoms with E-state index < -0.39 is 24.1 Å². The van der Waals surface area contributed by atoms with Gasteiger partial charge in [-0.2, -0.15) is 4.72 Å². The predicted molar refractivity (Wildman–Crippen MR) is 59.3 cm³/mol. The lowest BCUT2D eigenvalue weighted by Crippen LogP contribution is -2.27. The highest BCUT2D eigenvalue weighted by Crippen LogP contribution is 2.63. The summed E-state index contributed by atoms with van der Waals surface area (Å²) < 4.78 is 36.7. The lowest BCUT2D eigenvalue weighted by Gasteiger charge is -2.19. The van der Waals surface area contributed by atoms with E-state index in [-0.39, 0.29) is 5.49 Å². The first kappa shape index (κ1) is 12.3. The van der Waals surface area contributed by atoms with E-state index in [0.29, 0.717) is 0 Å². The monoisotopic (exact) mass is 242 g/mol. The Balaban J connectivity index is 2.64. The van der Waals surface area contributed by atoms with Crippen LogP contribution in [0.1, 0.15) is 19.8 Å². The topological polar surface area (TPSA) is 46.2 Å². The zero-order chi connectivity index (χ0) is 10.7. The molecule has 0 saturated carbocycles. The van der Waals surface area contributed by atoms with Gasteiger partial charge >= 0.3 is 0 Å². The van der Waals surface area contributed by atoms with E-state index in [1.54, 1.807) is 0 Å². The third-order valence-electron chi connectivity index (χ3n) is 2.90. The molecule has 1 aliphatic heterocycles. The molecule has 0 radical (unpaired) electrons. The maximum absolute atomic E-state index is 11.9. The minimum absolute atomic E-state index is 0.195. The Morgan fingerprint density at radius 2 is 1.93 bits per heavy atom. The van der Waals surface area contributed by atoms with Crippen molar-refractivity contribution in [1.29, 1.82) is 0 Å². The van der Waals surface area contributed by atoms with Crippen molar-refractivity contribution in [2.45, 2.75) is 19.8 Å². The van der Waals surface area contributed by atoms with Crippen LogP contribution in [0.3, 0.4) is 0 Å². The Morgan fingerprint density at radius 1 is 1.36 bits per heavy atom. The number of rotatable bonds is 5. The summed E-state index contributed by atoms with van der Waals surface area (Å²) in [7, 11) is -4.66. The molecule has 1 fully saturated rings. The fourth-order valence-corrected chi connectivity index (χ4v) is 9.86. The van der Waals surface area contributed by atoms with E-state index in [4.69, 9.17) is 0 Å². The molecule has 14 heavy (non-hydrogen) atoms. The molecule has 1 aliphatic rings. The number of hydrogen-bond acceptors (Lipinski definition) is 2. The van der Waals surface area contributed by atoms with Gasteiger partial charge in [0, 0.05) is 7.26 Å². The maximum Gasteiger partial charge on any atom is 0.248 e. The molecule has 6 heteroatoms. The van der Waals surface area contributed by atoms with Gasteiger partial charge in [0.05, 0.1) is 18.5 Å². The van der Waals surface area contributed by atoms with Gasteiger partial charge in [-0.25, -0.2) is 12.8 Å². The van der Waals surface area contributed by atoms with Gasteiger partial charge in [-0.15, -0.1) is 0 Å². The molecule has 0 spiro atoms. The van der Waals surface area contributed by atoms with Crippen LogP contribution in [0.4, 0.5) is 4.39 Å². The van der Waals surface area contributed by atoms with E-state index in [9.17, 15) is 12.8 Å². The number of alkyl halides is 1. The molecular weight excluding hydrogens is 224 g/mol. The van der Waals surface area contributed by atoms with E-state index in [1.165, 1.54) is 0 Å². The van der Waals surface area contributed by atoms with Crippen molar-refractivity contribution >= 4 is 17.3 Å². The fraction of sp³-hybridized carbons (Fsp3) is 1.00. The summed E-state index contributed by atoms with van der Waals surface area (Å²) in [5.74, 6) is 0. The maximum atomic E-state index is 11.9. The number of sulfonamides is 1. The minimum Gasteiger partial charge on any atom is -0.233 e. The second kappa shape index (κ2) is 4.86. The Kier molecular flexibility index (Phi) is 4.29. The smallest absolute Gasteiger partial charge is 0.233 e. The standard InChI is InChI=1S/C8H18FNO2PS/c1-2-13(5-3-4-6-13)8-14(11,12)10-7-9/h10H,2-8H2,1H3/q+1. The van der Waals surface area contributed by atoms with E-state index in [2.05, 4.69) is 6.92 Å². The quantitative estimate of drug-likeness (QED) is 0.588. The summed E-state index contributed by atoms with van der Waals surface area (Å²) in [6.07, 6.45) is 5.40. The second-order valence-electron chi connectivity index (χ2n) is 3.83. The van der Waals surface area contributed by atoms with Gasteiger partial charge in [-0.3, -0.25) is 0 Å². The fourth-order valence-electron chi connectivity index (χ4n) is 2.03. The van der Waals surface area contributed by atoms with Crippen LogP contribution >= 0.6 is 7.26 Å². The van der Waals surface area contributed by atoms with Crippen molar-refractivity contribution in [2.24, 2.45) is 0 Å². The zero-order valence-corrected chi connectivity index (χ0v) is 10.2. The van der Waals surface area contributed by atoms with Crippen molar-refractivity contribution in [3.63, 3.8) is 0 Å². The van der Waals surface area contributed by atoms with E-state index in [1.807, 2.05) is 4.72 Å². The first-order valence-corrected chi connectivity index (χ1v) is 9.10. The second-order valence-corrected chi connectivity index (χ2v) is 10.6. The first-order valence-electron chi connectivity index (χ1n) is 4.92. The lowest BCUT2D eigenvalue weighted by atomic mass is 10.4. The molecule has 0 unspecified atom stereocenters. The van der Waals surface area contributed by atoms with Crippen molar-refractivity contribution in [3.05, 3.63) is 0 Å². The van der Waals surface area contributed by atoms with E-state index >= 15 is 0 Å². The predicted octanol–water partition coefficient (Wildman–Crippen LogP) is 1.62. The molecule has 1 N–H and O–H groups in total. The highest BCUT2D eigenvalue weighted by atomic mass is 32.2. The molecule has 1 saturated heterocycles. The Hall–Kier alpha value is 0.270. The average Bonchev–Trinajstić information content (AvgIpc) is 2.53. The largest absolute Gasteiger partial charge is 0.248 e. The Bertz CT molecular complexity index is 275. The Labute approximate surface area is 85.8 Å². The molecular formula is C8H18FNO2PS+. The number of hydrogen-bond donors (Lipinski definition) is 1. The zero-order valence-electron chi connectivity index (χ0n) is 8.50. The van der Waals surface area contributed by atoms with Crippen molar-refractivity contribution in [3.8, 4) is 0 Å². The normalized spacial score (nSPS) is 21.3. The molecule has 84 valence electrons. The molecule has 0 aliphatic carbocycles. The number of nitrogens with one attached hydrogen (secondary N) is 1. The van der Waals surface area contributed by atoms with E-state index in [0.717, 1.165) is 31.3 Å². The van der Waals surface area contributed by atoms with Crippen molar-refractivity contribution < 1.29 is 12.8 Å². The molecule has 0 bridgehead atoms. The van der Waals surface area contributed by atoms with Crippen LogP contribution in [0.15, 0.2) is 0 Å². The van der Waals surface area contributed by atoms with Crippen LogP contribution in [0.2, 0.25) is 0 Å². The third kappa shape index (κ3) is 3.14. The van der Waals surface area contributed by atoms with Gasteiger partial charge in [-0.1, -0.05) is 0 Å². The van der Waals surface area contributed by atoms with Gasteiger partial charge in [0.1, 0.15) is 0 Å². The van der Waals surface area contributed by atoms with Crippen LogP contribution < -0.4 is 4.72 Å². The molecule has 1 rings (SSSR count). The van der Waals surface area contributed by atoms with Crippen LogP contribution in [-0.2, 0) is 10.0 Å². The molecule has 0 aromatic carbocycles. The van der Waals surface area contributed by atoms with Gasteiger partial charge in [0.2, 0.25) is 10.0 Å². The van der Waals surface area contributed by atoms with Crippen LogP contribution in [-0.4, -0.2) is 39.2 Å². The highest BCUT2D eigenvalue weighted by Gasteiger charge is 2.43. The van der Waals surface area contributed by atoms with Crippen LogP contribution in [0.5, 0.6) is 0 Å². The molecule has 1 heterocycles. The van der Waals surface area contributed by atoms with Gasteiger partial charge in [-0.05, 0) is 19.8 Å². The first-order chi connectivity index (χ1) is 6.54. The molecule has 0 aromatic heterocycles. The molecule has 0 aromatic rings. The van der Waals surface area contributed by atoms with Crippen molar-refractivity contribution in [2.75, 3.05) is 30.8 Å². The summed E-state index contributed by atoms with van der Waals surface area (Å²) >= 11 is 0. The number of halogens is 1. The summed E-state index contributed by atoms with van der Waals surface area (Å²) in [5.41, 5.74) is 0.195. The summed E-state index contributed by atoms with van der Waals surface area (Å²) in [4.78, 5) is 0. The van der Waals surface area contributed by atoms with Gasteiger partial charge < -0.3 is 0 Å². The highest BCUT2D eigenvalue weighted by molar-refractivity contribution is 8.00.